The maximum atomic E-state index is 12.1. The Morgan fingerprint density at radius 1 is 0.526 bits per heavy atom. The Morgan fingerprint density at radius 3 is 1.05 bits per heavy atom. The van der Waals surface area contributed by atoms with Crippen molar-refractivity contribution in [2.75, 3.05) is 0 Å². The molecule has 0 nitrogen and oxygen atoms in total. The van der Waals surface area contributed by atoms with Gasteiger partial charge in [0.15, 0.2) is 5.41 Å². The van der Waals surface area contributed by atoms with Crippen LogP contribution in [0.4, 0.5) is 72.1 Å². The molecule has 0 amide bonds. The molecule has 2 aromatic rings. The van der Waals surface area contributed by atoms with Crippen molar-refractivity contribution in [1.82, 2.24) is 0 Å². The molecule has 0 bridgehead atoms. The van der Waals surface area contributed by atoms with E-state index >= 15 is 0 Å². The van der Waals surface area contributed by atoms with Gasteiger partial charge in [-0.2, -0.15) is 52.7 Å². The van der Waals surface area contributed by atoms with Gasteiger partial charge in [0.1, 0.15) is 4.90 Å². The molecule has 222 valence electrons. The van der Waals surface area contributed by atoms with Gasteiger partial charge in [-0.3, -0.25) is 0 Å². The summed E-state index contributed by atoms with van der Waals surface area (Å²) in [7, 11) is -9.45. The van der Waals surface area contributed by atoms with Crippen LogP contribution in [0.5, 0.6) is 0 Å². The van der Waals surface area contributed by atoms with Gasteiger partial charge < -0.3 is 0 Å². The second-order valence-electron chi connectivity index (χ2n) is 7.98. The summed E-state index contributed by atoms with van der Waals surface area (Å²) in [6.45, 7) is 1.73. The molecule has 18 heteroatoms. The summed E-state index contributed by atoms with van der Waals surface area (Å²) in [6.07, 6.45) is -20.0. The van der Waals surface area contributed by atoms with E-state index in [1.807, 2.05) is 0 Å². The lowest BCUT2D eigenvalue weighted by Gasteiger charge is -2.40. The van der Waals surface area contributed by atoms with Crippen molar-refractivity contribution < 1.29 is 72.1 Å². The maximum Gasteiger partial charge on any atom is 0.416 e. The van der Waals surface area contributed by atoms with Crippen LogP contribution in [-0.2, 0) is 12.4 Å². The fourth-order valence-corrected chi connectivity index (χ4v) is 2.48. The number of benzene rings is 2. The highest BCUT2D eigenvalue weighted by Crippen LogP contribution is 3.02. The minimum absolute atomic E-state index is 0.0833. The van der Waals surface area contributed by atoms with Gasteiger partial charge in [0.25, 0.3) is 0 Å². The van der Waals surface area contributed by atoms with E-state index in [9.17, 15) is 72.1 Å². The van der Waals surface area contributed by atoms with Crippen LogP contribution < -0.4 is 0 Å². The lowest BCUT2D eigenvalue weighted by atomic mass is 9.92. The largest absolute Gasteiger partial charge is 0.416 e. The van der Waals surface area contributed by atoms with E-state index in [2.05, 4.69) is 0 Å². The van der Waals surface area contributed by atoms with Crippen LogP contribution in [0.15, 0.2) is 53.4 Å². The summed E-state index contributed by atoms with van der Waals surface area (Å²) in [5.41, 5.74) is -5.72. The normalized spacial score (nSPS) is 15.3. The second kappa shape index (κ2) is 9.97. The van der Waals surface area contributed by atoms with Gasteiger partial charge >= 0.3 is 34.9 Å². The summed E-state index contributed by atoms with van der Waals surface area (Å²) in [5, 5.41) is 0. The van der Waals surface area contributed by atoms with E-state index in [0.717, 1.165) is 18.2 Å². The first kappa shape index (κ1) is 35.6. The van der Waals surface area contributed by atoms with Crippen LogP contribution >= 0.6 is 10.2 Å². The fraction of sp³-hybridized carbons (Fsp3) is 0.400. The van der Waals surface area contributed by atoms with Crippen molar-refractivity contribution in [2.24, 2.45) is 5.41 Å². The van der Waals surface area contributed by atoms with E-state index < -0.39 is 56.4 Å². The van der Waals surface area contributed by atoms with Crippen LogP contribution in [0.1, 0.15) is 30.5 Å². The molecular weight excluding hydrogens is 595 g/mol. The summed E-state index contributed by atoms with van der Waals surface area (Å²) < 4.78 is 202. The van der Waals surface area contributed by atoms with Crippen molar-refractivity contribution in [2.45, 2.75) is 50.4 Å². The molecule has 0 radical (unpaired) electrons. The maximum absolute atomic E-state index is 12.1. The lowest BCUT2D eigenvalue weighted by Crippen LogP contribution is -2.44. The molecule has 0 spiro atoms. The molecule has 0 fully saturated rings. The topological polar surface area (TPSA) is 0 Å². The Kier molecular flexibility index (Phi) is 9.34. The van der Waals surface area contributed by atoms with E-state index in [-0.39, 0.29) is 19.9 Å². The molecule has 0 aliphatic heterocycles. The highest BCUT2D eigenvalue weighted by atomic mass is 32.5. The third-order valence-corrected chi connectivity index (χ3v) is 5.56. The van der Waals surface area contributed by atoms with Crippen molar-refractivity contribution in [1.29, 1.82) is 0 Å². The van der Waals surface area contributed by atoms with Gasteiger partial charge in [0.05, 0.1) is 11.1 Å². The molecule has 0 aliphatic carbocycles. The van der Waals surface area contributed by atoms with Gasteiger partial charge in [0.2, 0.25) is 0 Å². The van der Waals surface area contributed by atoms with E-state index in [1.165, 1.54) is 6.92 Å². The second-order valence-corrected chi connectivity index (χ2v) is 10.4. The molecular formula is C20H17F17S. The fourth-order valence-electron chi connectivity index (χ4n) is 1.83. The number of halogens is 17. The first-order chi connectivity index (χ1) is 16.2. The van der Waals surface area contributed by atoms with E-state index in [0.29, 0.717) is 29.8 Å². The minimum atomic E-state index is -9.45. The highest BCUT2D eigenvalue weighted by molar-refractivity contribution is 8.45. The predicted molar refractivity (Wildman–Crippen MR) is 105 cm³/mol. The smallest absolute Gasteiger partial charge is 0.170 e. The molecule has 0 aromatic heterocycles. The minimum Gasteiger partial charge on any atom is -0.170 e. The summed E-state index contributed by atoms with van der Waals surface area (Å²) in [6, 6.07) is 4.81. The molecule has 0 N–H and O–H groups in total. The van der Waals surface area contributed by atoms with E-state index in [1.54, 1.807) is 0 Å². The zero-order chi connectivity index (χ0) is 30.9. The quantitative estimate of drug-likeness (QED) is 0.281. The first-order valence-corrected chi connectivity index (χ1v) is 11.3. The van der Waals surface area contributed by atoms with Crippen LogP contribution in [0.25, 0.3) is 0 Å². The average molecular weight is 612 g/mol. The van der Waals surface area contributed by atoms with E-state index in [4.69, 9.17) is 0 Å². The van der Waals surface area contributed by atoms with Crippen molar-refractivity contribution in [3.63, 3.8) is 0 Å². The highest BCUT2D eigenvalue weighted by Gasteiger charge is 2.65. The van der Waals surface area contributed by atoms with Crippen LogP contribution in [0, 0.1) is 12.3 Å². The van der Waals surface area contributed by atoms with Gasteiger partial charge in [-0.1, -0.05) is 43.2 Å². The summed E-state index contributed by atoms with van der Waals surface area (Å²) in [4.78, 5) is -1.84. The van der Waals surface area contributed by atoms with Gasteiger partial charge in [-0.15, -0.1) is 0 Å². The van der Waals surface area contributed by atoms with Gasteiger partial charge in [-0.05, 0) is 51.1 Å². The standard InChI is InChI=1S/C8H4F6.C7H7F5S.C5H6F6/c9-7(10,11)5-2-1-3-6(4-5)8(12,13)14;1-6-2-4-7(5-3-6)13(8,9,10,11)12;1-3(2,4(6,7)8)5(9,10)11/h1-4H;2-5H,1H3;1-2H3. The van der Waals surface area contributed by atoms with Crippen LogP contribution in [0.2, 0.25) is 0 Å². The number of aryl methyl sites for hydroxylation is 1. The van der Waals surface area contributed by atoms with Crippen molar-refractivity contribution in [3.05, 3.63) is 65.2 Å². The lowest BCUT2D eigenvalue weighted by molar-refractivity contribution is -0.327. The molecule has 0 unspecified atom stereocenters. The van der Waals surface area contributed by atoms with Gasteiger partial charge in [-0.25, -0.2) is 0 Å². The molecule has 0 atom stereocenters. The Morgan fingerprint density at radius 2 is 0.842 bits per heavy atom. The van der Waals surface area contributed by atoms with Crippen molar-refractivity contribution in [3.8, 4) is 0 Å². The number of rotatable bonds is 1. The van der Waals surface area contributed by atoms with Crippen LogP contribution in [0.3, 0.4) is 0 Å². The molecule has 0 saturated heterocycles. The molecule has 2 aromatic carbocycles. The molecule has 0 saturated carbocycles. The Labute approximate surface area is 204 Å². The third-order valence-electron chi connectivity index (χ3n) is 4.40. The average Bonchev–Trinajstić information content (AvgIpc) is 2.64. The SMILES string of the molecule is CC(C)(C(F)(F)F)C(F)(F)F.Cc1ccc(S(F)(F)(F)(F)F)cc1.FC(F)(F)c1cccc(C(F)(F)F)c1. The summed E-state index contributed by atoms with van der Waals surface area (Å²) >= 11 is 0. The van der Waals surface area contributed by atoms with Gasteiger partial charge in [0, 0.05) is 0 Å². The Hall–Kier alpha value is -2.40. The Bertz CT molecular complexity index is 1010. The molecule has 38 heavy (non-hydrogen) atoms. The molecule has 0 aliphatic rings. The zero-order valence-electron chi connectivity index (χ0n) is 19.0. The monoisotopic (exact) mass is 612 g/mol. The first-order valence-electron chi connectivity index (χ1n) is 9.39. The molecule has 0 heterocycles. The Balaban J connectivity index is 0.000000545. The zero-order valence-corrected chi connectivity index (χ0v) is 19.8. The number of alkyl halides is 12. The third kappa shape index (κ3) is 10.8. The summed E-state index contributed by atoms with van der Waals surface area (Å²) in [5.74, 6) is 0. The van der Waals surface area contributed by atoms with Crippen molar-refractivity contribution >= 4 is 10.2 Å². The van der Waals surface area contributed by atoms with Crippen LogP contribution in [-0.4, -0.2) is 12.4 Å². The number of hydrogen-bond donors (Lipinski definition) is 0. The predicted octanol–water partition coefficient (Wildman–Crippen LogP) is 11.5. The number of hydrogen-bond acceptors (Lipinski definition) is 0. The molecule has 2 rings (SSSR count).